The van der Waals surface area contributed by atoms with E-state index in [9.17, 15) is 15.0 Å². The maximum absolute atomic E-state index is 12.3. The quantitative estimate of drug-likeness (QED) is 0.712. The van der Waals surface area contributed by atoms with Gasteiger partial charge in [-0.05, 0) is 25.0 Å². The van der Waals surface area contributed by atoms with E-state index in [1.54, 1.807) is 19.1 Å². The standard InChI is InChI=1S/C22H28N2O4/c1-22(27)12-13-24(14-17-10-6-7-11-18(17)25)20(16-8-4-3-5-9-16)21(22)23-19(26)15-28-2/h3-11,20-21,25,27H,12-15H2,1-2H3,(H,23,26). The molecule has 3 unspecified atom stereocenters. The van der Waals surface area contributed by atoms with Crippen molar-refractivity contribution in [1.29, 1.82) is 0 Å². The van der Waals surface area contributed by atoms with Crippen LogP contribution < -0.4 is 5.32 Å². The Kier molecular flexibility index (Phi) is 6.34. The lowest BCUT2D eigenvalue weighted by molar-refractivity contribution is -0.132. The number of methoxy groups -OCH3 is 1. The molecule has 1 fully saturated rings. The number of phenols is 1. The average Bonchev–Trinajstić information content (AvgIpc) is 2.67. The highest BCUT2D eigenvalue weighted by atomic mass is 16.5. The molecule has 3 atom stereocenters. The first kappa shape index (κ1) is 20.3. The maximum atomic E-state index is 12.3. The van der Waals surface area contributed by atoms with Crippen LogP contribution in [0.5, 0.6) is 5.75 Å². The van der Waals surface area contributed by atoms with Crippen LogP contribution in [0.1, 0.15) is 30.5 Å². The van der Waals surface area contributed by atoms with Gasteiger partial charge in [-0.2, -0.15) is 0 Å². The van der Waals surface area contributed by atoms with Gasteiger partial charge in [-0.15, -0.1) is 0 Å². The Morgan fingerprint density at radius 1 is 1.21 bits per heavy atom. The molecule has 0 bridgehead atoms. The Morgan fingerprint density at radius 2 is 1.89 bits per heavy atom. The van der Waals surface area contributed by atoms with Crippen molar-refractivity contribution in [1.82, 2.24) is 10.2 Å². The lowest BCUT2D eigenvalue weighted by Gasteiger charge is -2.49. The molecule has 28 heavy (non-hydrogen) atoms. The molecule has 1 heterocycles. The zero-order valence-corrected chi connectivity index (χ0v) is 16.3. The summed E-state index contributed by atoms with van der Waals surface area (Å²) >= 11 is 0. The number of aliphatic hydroxyl groups is 1. The Morgan fingerprint density at radius 3 is 2.57 bits per heavy atom. The molecular weight excluding hydrogens is 356 g/mol. The topological polar surface area (TPSA) is 82.0 Å². The Bertz CT molecular complexity index is 794. The number of benzene rings is 2. The molecule has 1 saturated heterocycles. The minimum absolute atomic E-state index is 0.0619. The van der Waals surface area contributed by atoms with Gasteiger partial charge in [0.1, 0.15) is 12.4 Å². The van der Waals surface area contributed by atoms with Gasteiger partial charge in [0.25, 0.3) is 0 Å². The summed E-state index contributed by atoms with van der Waals surface area (Å²) in [6.07, 6.45) is 0.502. The second kappa shape index (κ2) is 8.73. The number of amides is 1. The zero-order valence-electron chi connectivity index (χ0n) is 16.3. The number of hydrogen-bond acceptors (Lipinski definition) is 5. The van der Waals surface area contributed by atoms with Crippen LogP contribution >= 0.6 is 0 Å². The molecule has 3 N–H and O–H groups in total. The Hall–Kier alpha value is -2.41. The molecule has 2 aromatic carbocycles. The molecule has 0 radical (unpaired) electrons. The second-order valence-corrected chi connectivity index (χ2v) is 7.54. The molecule has 0 saturated carbocycles. The van der Waals surface area contributed by atoms with Crippen molar-refractivity contribution in [2.24, 2.45) is 0 Å². The van der Waals surface area contributed by atoms with Gasteiger partial charge in [0.2, 0.25) is 5.91 Å². The van der Waals surface area contributed by atoms with E-state index in [0.717, 1.165) is 11.1 Å². The van der Waals surface area contributed by atoms with Crippen molar-refractivity contribution in [3.63, 3.8) is 0 Å². The smallest absolute Gasteiger partial charge is 0.246 e. The van der Waals surface area contributed by atoms with Crippen LogP contribution in [0.4, 0.5) is 0 Å². The molecule has 1 aliphatic heterocycles. The number of para-hydroxylation sites is 1. The number of hydrogen-bond donors (Lipinski definition) is 3. The molecular formula is C22H28N2O4. The summed E-state index contributed by atoms with van der Waals surface area (Å²) in [5.41, 5.74) is 0.742. The van der Waals surface area contributed by atoms with Crippen molar-refractivity contribution < 1.29 is 19.7 Å². The second-order valence-electron chi connectivity index (χ2n) is 7.54. The number of piperidine rings is 1. The van der Waals surface area contributed by atoms with Crippen molar-refractivity contribution in [2.45, 2.75) is 37.6 Å². The van der Waals surface area contributed by atoms with E-state index in [1.165, 1.54) is 7.11 Å². The van der Waals surface area contributed by atoms with E-state index >= 15 is 0 Å². The predicted octanol–water partition coefficient (Wildman–Crippen LogP) is 2.22. The van der Waals surface area contributed by atoms with Gasteiger partial charge in [0, 0.05) is 25.8 Å². The van der Waals surface area contributed by atoms with Crippen molar-refractivity contribution in [2.75, 3.05) is 20.3 Å². The summed E-state index contributed by atoms with van der Waals surface area (Å²) in [5.74, 6) is -0.0234. The molecule has 1 amide bonds. The van der Waals surface area contributed by atoms with Gasteiger partial charge >= 0.3 is 0 Å². The van der Waals surface area contributed by atoms with E-state index in [1.807, 2.05) is 42.5 Å². The van der Waals surface area contributed by atoms with Crippen LogP contribution in [0.25, 0.3) is 0 Å². The summed E-state index contributed by atoms with van der Waals surface area (Å²) in [6.45, 7) is 2.85. The highest BCUT2D eigenvalue weighted by Gasteiger charge is 2.46. The third-order valence-corrected chi connectivity index (χ3v) is 5.38. The largest absolute Gasteiger partial charge is 0.508 e. The minimum atomic E-state index is -1.07. The van der Waals surface area contributed by atoms with Gasteiger partial charge in [-0.3, -0.25) is 9.69 Å². The van der Waals surface area contributed by atoms with E-state index < -0.39 is 11.6 Å². The van der Waals surface area contributed by atoms with Crippen LogP contribution in [0.15, 0.2) is 54.6 Å². The number of phenolic OH excluding ortho intramolecular Hbond substituents is 1. The van der Waals surface area contributed by atoms with Crippen LogP contribution in [-0.4, -0.2) is 52.9 Å². The van der Waals surface area contributed by atoms with E-state index in [4.69, 9.17) is 4.74 Å². The SMILES string of the molecule is COCC(=O)NC1C(c2ccccc2)N(Cc2ccccc2O)CCC1(C)O. The van der Waals surface area contributed by atoms with Crippen LogP contribution in [0.3, 0.4) is 0 Å². The highest BCUT2D eigenvalue weighted by Crippen LogP contribution is 2.38. The first-order chi connectivity index (χ1) is 13.4. The van der Waals surface area contributed by atoms with Gasteiger partial charge < -0.3 is 20.3 Å². The summed E-state index contributed by atoms with van der Waals surface area (Å²) < 4.78 is 4.95. The number of ether oxygens (including phenoxy) is 1. The Labute approximate surface area is 165 Å². The maximum Gasteiger partial charge on any atom is 0.246 e. The van der Waals surface area contributed by atoms with Crippen molar-refractivity contribution in [3.8, 4) is 5.75 Å². The Balaban J connectivity index is 1.96. The fraction of sp³-hybridized carbons (Fsp3) is 0.409. The molecule has 0 spiro atoms. The fourth-order valence-electron chi connectivity index (χ4n) is 3.89. The number of carbonyl (C=O) groups excluding carboxylic acids is 1. The fourth-order valence-corrected chi connectivity index (χ4v) is 3.89. The minimum Gasteiger partial charge on any atom is -0.508 e. The molecule has 6 nitrogen and oxygen atoms in total. The lowest BCUT2D eigenvalue weighted by Crippen LogP contribution is -2.62. The molecule has 0 aliphatic carbocycles. The molecule has 2 aromatic rings. The van der Waals surface area contributed by atoms with Crippen LogP contribution in [-0.2, 0) is 16.1 Å². The average molecular weight is 384 g/mol. The highest BCUT2D eigenvalue weighted by molar-refractivity contribution is 5.77. The van der Waals surface area contributed by atoms with Crippen LogP contribution in [0.2, 0.25) is 0 Å². The van der Waals surface area contributed by atoms with Gasteiger partial charge in [-0.25, -0.2) is 0 Å². The van der Waals surface area contributed by atoms with E-state index in [2.05, 4.69) is 10.2 Å². The van der Waals surface area contributed by atoms with Crippen LogP contribution in [0, 0.1) is 0 Å². The summed E-state index contributed by atoms with van der Waals surface area (Å²) in [6, 6.07) is 16.3. The number of nitrogens with one attached hydrogen (secondary N) is 1. The normalized spacial score (nSPS) is 25.4. The zero-order chi connectivity index (χ0) is 20.1. The third kappa shape index (κ3) is 4.52. The van der Waals surface area contributed by atoms with Crippen molar-refractivity contribution >= 4 is 5.91 Å². The summed E-state index contributed by atoms with van der Waals surface area (Å²) in [5, 5.41) is 24.3. The van der Waals surface area contributed by atoms with Gasteiger partial charge in [-0.1, -0.05) is 48.5 Å². The number of rotatable bonds is 6. The summed E-state index contributed by atoms with van der Waals surface area (Å²) in [7, 11) is 1.47. The van der Waals surface area contributed by atoms with E-state index in [-0.39, 0.29) is 24.3 Å². The van der Waals surface area contributed by atoms with Crippen molar-refractivity contribution in [3.05, 3.63) is 65.7 Å². The molecule has 0 aromatic heterocycles. The monoisotopic (exact) mass is 384 g/mol. The lowest BCUT2D eigenvalue weighted by atomic mass is 9.79. The van der Waals surface area contributed by atoms with Gasteiger partial charge in [0.05, 0.1) is 17.7 Å². The van der Waals surface area contributed by atoms with E-state index in [0.29, 0.717) is 19.5 Å². The number of nitrogens with zero attached hydrogens (tertiary/aromatic N) is 1. The summed E-state index contributed by atoms with van der Waals surface area (Å²) in [4.78, 5) is 14.5. The predicted molar refractivity (Wildman–Crippen MR) is 107 cm³/mol. The molecule has 3 rings (SSSR count). The molecule has 6 heteroatoms. The van der Waals surface area contributed by atoms with Gasteiger partial charge in [0.15, 0.2) is 0 Å². The first-order valence-corrected chi connectivity index (χ1v) is 9.49. The first-order valence-electron chi connectivity index (χ1n) is 9.49. The molecule has 150 valence electrons. The number of carbonyl (C=O) groups is 1. The molecule has 1 aliphatic rings. The number of likely N-dealkylation sites (tertiary alicyclic amines) is 1. The number of aromatic hydroxyl groups is 1. The third-order valence-electron chi connectivity index (χ3n) is 5.38.